The molecule has 1 N–H and O–H groups in total. The Kier molecular flexibility index (Phi) is 5.40. The molecule has 0 saturated carbocycles. The molecule has 0 radical (unpaired) electrons. The SMILES string of the molecule is CC(C)NCCOc1ncc(Br)cc1C(F)(F)F. The molecule has 1 aromatic rings. The summed E-state index contributed by atoms with van der Waals surface area (Å²) >= 11 is 2.96. The van der Waals surface area contributed by atoms with E-state index >= 15 is 0 Å². The number of hydrogen-bond donors (Lipinski definition) is 1. The van der Waals surface area contributed by atoms with Crippen LogP contribution in [0.5, 0.6) is 5.88 Å². The van der Waals surface area contributed by atoms with Crippen LogP contribution in [-0.2, 0) is 6.18 Å². The summed E-state index contributed by atoms with van der Waals surface area (Å²) in [4.78, 5) is 3.64. The fourth-order valence-electron chi connectivity index (χ4n) is 1.24. The van der Waals surface area contributed by atoms with Gasteiger partial charge in [0.2, 0.25) is 5.88 Å². The van der Waals surface area contributed by atoms with E-state index in [9.17, 15) is 13.2 Å². The van der Waals surface area contributed by atoms with Gasteiger partial charge in [-0.3, -0.25) is 0 Å². The first-order valence-electron chi connectivity index (χ1n) is 5.39. The number of halogens is 4. The van der Waals surface area contributed by atoms with Crippen molar-refractivity contribution in [1.29, 1.82) is 0 Å². The molecule has 0 unspecified atom stereocenters. The zero-order valence-corrected chi connectivity index (χ0v) is 11.6. The average molecular weight is 327 g/mol. The molecule has 0 aliphatic carbocycles. The number of nitrogens with zero attached hydrogens (tertiary/aromatic N) is 1. The molecule has 1 aromatic heterocycles. The normalized spacial score (nSPS) is 11.9. The number of pyridine rings is 1. The minimum absolute atomic E-state index is 0.135. The Labute approximate surface area is 112 Å². The maximum Gasteiger partial charge on any atom is 0.421 e. The third kappa shape index (κ3) is 4.81. The summed E-state index contributed by atoms with van der Waals surface area (Å²) < 4.78 is 43.4. The lowest BCUT2D eigenvalue weighted by molar-refractivity contribution is -0.139. The molecule has 7 heteroatoms. The minimum atomic E-state index is -4.47. The third-order valence-electron chi connectivity index (χ3n) is 2.02. The maximum atomic E-state index is 12.7. The van der Waals surface area contributed by atoms with Gasteiger partial charge in [-0.1, -0.05) is 13.8 Å². The van der Waals surface area contributed by atoms with Crippen molar-refractivity contribution in [1.82, 2.24) is 10.3 Å². The molecule has 1 heterocycles. The van der Waals surface area contributed by atoms with Gasteiger partial charge in [0.25, 0.3) is 0 Å². The van der Waals surface area contributed by atoms with E-state index < -0.39 is 17.6 Å². The predicted molar refractivity (Wildman–Crippen MR) is 65.6 cm³/mol. The average Bonchev–Trinajstić information content (AvgIpc) is 2.24. The second kappa shape index (κ2) is 6.38. The van der Waals surface area contributed by atoms with E-state index in [1.54, 1.807) is 0 Å². The van der Waals surface area contributed by atoms with Crippen LogP contribution in [0, 0.1) is 0 Å². The summed E-state index contributed by atoms with van der Waals surface area (Å²) in [6.07, 6.45) is -3.20. The standard InChI is InChI=1S/C11H14BrF3N2O/c1-7(2)16-3-4-18-10-9(11(13,14)15)5-8(12)6-17-10/h5-7,16H,3-4H2,1-2H3. The van der Waals surface area contributed by atoms with Gasteiger partial charge in [-0.05, 0) is 22.0 Å². The Morgan fingerprint density at radius 3 is 2.67 bits per heavy atom. The highest BCUT2D eigenvalue weighted by molar-refractivity contribution is 9.10. The van der Waals surface area contributed by atoms with Crippen LogP contribution in [0.4, 0.5) is 13.2 Å². The van der Waals surface area contributed by atoms with Crippen molar-refractivity contribution in [3.05, 3.63) is 22.3 Å². The molecule has 0 aromatic carbocycles. The summed E-state index contributed by atoms with van der Waals surface area (Å²) in [5.74, 6) is -0.392. The van der Waals surface area contributed by atoms with Crippen LogP contribution in [0.3, 0.4) is 0 Å². The molecule has 1 rings (SSSR count). The summed E-state index contributed by atoms with van der Waals surface area (Å²) in [7, 11) is 0. The Balaban J connectivity index is 2.70. The Bertz CT molecular complexity index is 396. The zero-order valence-electron chi connectivity index (χ0n) is 10.0. The fraction of sp³-hybridized carbons (Fsp3) is 0.545. The Hall–Kier alpha value is -0.820. The smallest absolute Gasteiger partial charge is 0.421 e. The van der Waals surface area contributed by atoms with Crippen molar-refractivity contribution < 1.29 is 17.9 Å². The maximum absolute atomic E-state index is 12.7. The lowest BCUT2D eigenvalue weighted by Gasteiger charge is -2.14. The summed E-state index contributed by atoms with van der Waals surface area (Å²) in [5.41, 5.74) is -0.874. The van der Waals surface area contributed by atoms with Crippen LogP contribution >= 0.6 is 15.9 Å². The van der Waals surface area contributed by atoms with Crippen LogP contribution in [0.2, 0.25) is 0 Å². The molecule has 0 amide bonds. The summed E-state index contributed by atoms with van der Waals surface area (Å²) in [6, 6.07) is 1.21. The lowest BCUT2D eigenvalue weighted by Crippen LogP contribution is -2.28. The van der Waals surface area contributed by atoms with E-state index in [0.29, 0.717) is 6.54 Å². The molecule has 0 saturated heterocycles. The van der Waals surface area contributed by atoms with E-state index in [-0.39, 0.29) is 17.1 Å². The van der Waals surface area contributed by atoms with Crippen LogP contribution in [0.1, 0.15) is 19.4 Å². The van der Waals surface area contributed by atoms with Gasteiger partial charge in [0, 0.05) is 23.3 Å². The lowest BCUT2D eigenvalue weighted by atomic mass is 10.2. The monoisotopic (exact) mass is 326 g/mol. The van der Waals surface area contributed by atoms with Gasteiger partial charge in [0.15, 0.2) is 0 Å². The van der Waals surface area contributed by atoms with E-state index in [4.69, 9.17) is 4.74 Å². The molecule has 18 heavy (non-hydrogen) atoms. The van der Waals surface area contributed by atoms with Gasteiger partial charge in [0.05, 0.1) is 0 Å². The second-order valence-corrected chi connectivity index (χ2v) is 4.88. The predicted octanol–water partition coefficient (Wildman–Crippen LogP) is 3.24. The third-order valence-corrected chi connectivity index (χ3v) is 2.45. The van der Waals surface area contributed by atoms with E-state index in [2.05, 4.69) is 26.2 Å². The van der Waals surface area contributed by atoms with Crippen LogP contribution in [0.25, 0.3) is 0 Å². The van der Waals surface area contributed by atoms with Crippen molar-refractivity contribution in [3.63, 3.8) is 0 Å². The second-order valence-electron chi connectivity index (χ2n) is 3.96. The molecule has 3 nitrogen and oxygen atoms in total. The fourth-order valence-corrected chi connectivity index (χ4v) is 1.57. The van der Waals surface area contributed by atoms with Gasteiger partial charge in [0.1, 0.15) is 12.2 Å². The van der Waals surface area contributed by atoms with Gasteiger partial charge < -0.3 is 10.1 Å². The first-order valence-corrected chi connectivity index (χ1v) is 6.19. The van der Waals surface area contributed by atoms with Gasteiger partial charge in [-0.25, -0.2) is 4.98 Å². The number of hydrogen-bond acceptors (Lipinski definition) is 3. The van der Waals surface area contributed by atoms with E-state index in [0.717, 1.165) is 6.07 Å². The topological polar surface area (TPSA) is 34.1 Å². The van der Waals surface area contributed by atoms with Crippen molar-refractivity contribution in [2.45, 2.75) is 26.1 Å². The first-order chi connectivity index (χ1) is 8.30. The number of alkyl halides is 3. The van der Waals surface area contributed by atoms with Crippen molar-refractivity contribution in [2.24, 2.45) is 0 Å². The zero-order chi connectivity index (χ0) is 13.8. The largest absolute Gasteiger partial charge is 0.476 e. The van der Waals surface area contributed by atoms with Crippen LogP contribution in [-0.4, -0.2) is 24.2 Å². The summed E-state index contributed by atoms with van der Waals surface area (Å²) in [5, 5.41) is 3.04. The highest BCUT2D eigenvalue weighted by Gasteiger charge is 2.35. The van der Waals surface area contributed by atoms with Crippen molar-refractivity contribution in [3.8, 4) is 5.88 Å². The van der Waals surface area contributed by atoms with E-state index in [1.807, 2.05) is 13.8 Å². The van der Waals surface area contributed by atoms with Gasteiger partial charge in [-0.2, -0.15) is 13.2 Å². The highest BCUT2D eigenvalue weighted by Crippen LogP contribution is 2.36. The molecule has 0 aliphatic heterocycles. The molecular weight excluding hydrogens is 313 g/mol. The number of rotatable bonds is 5. The highest BCUT2D eigenvalue weighted by atomic mass is 79.9. The Morgan fingerprint density at radius 1 is 1.44 bits per heavy atom. The van der Waals surface area contributed by atoms with Crippen molar-refractivity contribution >= 4 is 15.9 Å². The molecule has 102 valence electrons. The van der Waals surface area contributed by atoms with Crippen LogP contribution < -0.4 is 10.1 Å². The van der Waals surface area contributed by atoms with Crippen molar-refractivity contribution in [2.75, 3.05) is 13.2 Å². The molecule has 0 spiro atoms. The van der Waals surface area contributed by atoms with Gasteiger partial charge >= 0.3 is 6.18 Å². The van der Waals surface area contributed by atoms with Crippen LogP contribution in [0.15, 0.2) is 16.7 Å². The minimum Gasteiger partial charge on any atom is -0.476 e. The molecular formula is C11H14BrF3N2O. The number of aromatic nitrogens is 1. The first kappa shape index (κ1) is 15.2. The molecule has 0 aliphatic rings. The van der Waals surface area contributed by atoms with Gasteiger partial charge in [-0.15, -0.1) is 0 Å². The molecule has 0 fully saturated rings. The molecule has 0 bridgehead atoms. The molecule has 0 atom stereocenters. The Morgan fingerprint density at radius 2 is 2.11 bits per heavy atom. The number of nitrogens with one attached hydrogen (secondary N) is 1. The van der Waals surface area contributed by atoms with E-state index in [1.165, 1.54) is 6.20 Å². The summed E-state index contributed by atoms with van der Waals surface area (Å²) in [6.45, 7) is 4.49. The quantitative estimate of drug-likeness (QED) is 0.843. The number of ether oxygens (including phenoxy) is 1.